The number of nitrogens with zero attached hydrogens (tertiary/aromatic N) is 3. The van der Waals surface area contributed by atoms with Crippen molar-refractivity contribution >= 4 is 40.0 Å². The molecule has 1 atom stereocenters. The van der Waals surface area contributed by atoms with Crippen LogP contribution in [0, 0.1) is 6.92 Å². The second-order valence-corrected chi connectivity index (χ2v) is 8.41. The third-order valence-electron chi connectivity index (χ3n) is 4.95. The van der Waals surface area contributed by atoms with Crippen molar-refractivity contribution in [2.75, 3.05) is 5.75 Å². The summed E-state index contributed by atoms with van der Waals surface area (Å²) < 4.78 is 1.83. The average Bonchev–Trinajstić information content (AvgIpc) is 3.22. The molecule has 0 spiro atoms. The molecule has 4 rings (SSSR count). The molecule has 5 nitrogen and oxygen atoms in total. The molecule has 4 aromatic rings. The predicted molar refractivity (Wildman–Crippen MR) is 122 cm³/mol. The van der Waals surface area contributed by atoms with Gasteiger partial charge in [-0.3, -0.25) is 9.36 Å². The molecule has 0 aliphatic carbocycles. The van der Waals surface area contributed by atoms with Crippen LogP contribution in [0.15, 0.2) is 72.1 Å². The van der Waals surface area contributed by atoms with E-state index in [9.17, 15) is 4.79 Å². The van der Waals surface area contributed by atoms with Crippen LogP contribution in [0.3, 0.4) is 0 Å². The minimum atomic E-state index is -0.0991. The quantitative estimate of drug-likeness (QED) is 0.414. The molecule has 1 heterocycles. The molecule has 7 heteroatoms. The van der Waals surface area contributed by atoms with Gasteiger partial charge < -0.3 is 5.32 Å². The van der Waals surface area contributed by atoms with Gasteiger partial charge in [0.1, 0.15) is 6.33 Å². The molecule has 152 valence electrons. The van der Waals surface area contributed by atoms with Crippen molar-refractivity contribution in [2.45, 2.75) is 25.0 Å². The Bertz CT molecular complexity index is 1200. The highest BCUT2D eigenvalue weighted by Crippen LogP contribution is 2.26. The molecule has 0 bridgehead atoms. The lowest BCUT2D eigenvalue weighted by atomic mass is 10.00. The first-order valence-corrected chi connectivity index (χ1v) is 11.0. The third kappa shape index (κ3) is 4.35. The fourth-order valence-corrected chi connectivity index (χ4v) is 4.27. The van der Waals surface area contributed by atoms with Gasteiger partial charge in [-0.15, -0.1) is 10.2 Å². The number of thioether (sulfide) groups is 1. The van der Waals surface area contributed by atoms with Crippen LogP contribution in [0.2, 0.25) is 5.02 Å². The number of benzene rings is 3. The molecule has 1 aromatic heterocycles. The summed E-state index contributed by atoms with van der Waals surface area (Å²) in [5, 5.41) is 14.9. The molecular weight excluding hydrogens is 416 g/mol. The number of amides is 1. The lowest BCUT2D eigenvalue weighted by Crippen LogP contribution is -2.28. The average molecular weight is 437 g/mol. The van der Waals surface area contributed by atoms with Crippen molar-refractivity contribution in [3.05, 3.63) is 83.1 Å². The highest BCUT2D eigenvalue weighted by Gasteiger charge is 2.15. The van der Waals surface area contributed by atoms with Gasteiger partial charge in [0.2, 0.25) is 5.91 Å². The Morgan fingerprint density at radius 3 is 2.80 bits per heavy atom. The normalized spacial score (nSPS) is 12.1. The number of hydrogen-bond acceptors (Lipinski definition) is 4. The second-order valence-electron chi connectivity index (χ2n) is 7.06. The molecule has 0 saturated heterocycles. The highest BCUT2D eigenvalue weighted by atomic mass is 35.5. The Balaban J connectivity index is 1.43. The van der Waals surface area contributed by atoms with Crippen molar-refractivity contribution < 1.29 is 4.79 Å². The maximum Gasteiger partial charge on any atom is 0.230 e. The summed E-state index contributed by atoms with van der Waals surface area (Å²) in [5.74, 6) is 0.185. The number of rotatable bonds is 6. The van der Waals surface area contributed by atoms with E-state index in [1.165, 1.54) is 11.8 Å². The number of carbonyl (C=O) groups is 1. The fraction of sp³-hybridized carbons (Fsp3) is 0.174. The number of aromatic nitrogens is 3. The number of halogens is 1. The van der Waals surface area contributed by atoms with Crippen LogP contribution in [0.1, 0.15) is 24.1 Å². The van der Waals surface area contributed by atoms with Gasteiger partial charge in [0.15, 0.2) is 5.16 Å². The van der Waals surface area contributed by atoms with E-state index >= 15 is 0 Å². The van der Waals surface area contributed by atoms with Gasteiger partial charge in [-0.05, 0) is 47.9 Å². The smallest absolute Gasteiger partial charge is 0.230 e. The Morgan fingerprint density at radius 2 is 1.97 bits per heavy atom. The van der Waals surface area contributed by atoms with Crippen molar-refractivity contribution in [3.8, 4) is 5.69 Å². The van der Waals surface area contributed by atoms with E-state index in [1.807, 2.05) is 54.8 Å². The summed E-state index contributed by atoms with van der Waals surface area (Å²) >= 11 is 7.58. The first kappa shape index (κ1) is 20.4. The summed E-state index contributed by atoms with van der Waals surface area (Å²) in [6.45, 7) is 3.95. The van der Waals surface area contributed by atoms with Crippen LogP contribution in [-0.4, -0.2) is 26.4 Å². The number of nitrogens with one attached hydrogen (secondary N) is 1. The fourth-order valence-electron chi connectivity index (χ4n) is 3.35. The highest BCUT2D eigenvalue weighted by molar-refractivity contribution is 7.99. The van der Waals surface area contributed by atoms with Gasteiger partial charge >= 0.3 is 0 Å². The SMILES string of the molecule is Cc1ccc(-n2cnnc2SCC(=O)NC(C)c2cccc3ccccc23)cc1Cl. The monoisotopic (exact) mass is 436 g/mol. The van der Waals surface area contributed by atoms with Gasteiger partial charge in [-0.1, -0.05) is 71.9 Å². The Hall–Kier alpha value is -2.83. The molecule has 1 amide bonds. The summed E-state index contributed by atoms with van der Waals surface area (Å²) in [6.07, 6.45) is 1.62. The van der Waals surface area contributed by atoms with Crippen LogP contribution in [-0.2, 0) is 4.79 Å². The van der Waals surface area contributed by atoms with Crippen molar-refractivity contribution in [1.82, 2.24) is 20.1 Å². The zero-order valence-electron chi connectivity index (χ0n) is 16.7. The third-order valence-corrected chi connectivity index (χ3v) is 6.30. The molecule has 30 heavy (non-hydrogen) atoms. The Kier molecular flexibility index (Phi) is 6.06. The van der Waals surface area contributed by atoms with Gasteiger partial charge in [-0.2, -0.15) is 0 Å². The van der Waals surface area contributed by atoms with Crippen LogP contribution >= 0.6 is 23.4 Å². The number of aryl methyl sites for hydroxylation is 1. The van der Waals surface area contributed by atoms with Crippen LogP contribution < -0.4 is 5.32 Å². The minimum Gasteiger partial charge on any atom is -0.349 e. The minimum absolute atomic E-state index is 0.0584. The van der Waals surface area contributed by atoms with Crippen molar-refractivity contribution in [3.63, 3.8) is 0 Å². The van der Waals surface area contributed by atoms with Crippen molar-refractivity contribution in [2.24, 2.45) is 0 Å². The van der Waals surface area contributed by atoms with E-state index in [2.05, 4.69) is 39.8 Å². The van der Waals surface area contributed by atoms with Crippen LogP contribution in [0.5, 0.6) is 0 Å². The number of fused-ring (bicyclic) bond motifs is 1. The van der Waals surface area contributed by atoms with Crippen LogP contribution in [0.25, 0.3) is 16.5 Å². The van der Waals surface area contributed by atoms with E-state index in [0.29, 0.717) is 10.2 Å². The van der Waals surface area contributed by atoms with Gasteiger partial charge in [0.05, 0.1) is 17.5 Å². The molecule has 1 N–H and O–H groups in total. The zero-order chi connectivity index (χ0) is 21.1. The van der Waals surface area contributed by atoms with E-state index in [-0.39, 0.29) is 17.7 Å². The molecule has 3 aromatic carbocycles. The predicted octanol–water partition coefficient (Wildman–Crippen LogP) is 5.35. The van der Waals surface area contributed by atoms with E-state index in [4.69, 9.17) is 11.6 Å². The molecule has 0 radical (unpaired) electrons. The molecular formula is C23H21ClN4OS. The molecule has 1 unspecified atom stereocenters. The van der Waals surface area contributed by atoms with Gasteiger partial charge in [0, 0.05) is 5.02 Å². The maximum atomic E-state index is 12.6. The van der Waals surface area contributed by atoms with Gasteiger partial charge in [-0.25, -0.2) is 0 Å². The molecule has 0 aliphatic heterocycles. The first-order valence-electron chi connectivity index (χ1n) is 9.59. The Morgan fingerprint density at radius 1 is 1.17 bits per heavy atom. The summed E-state index contributed by atoms with van der Waals surface area (Å²) in [5.41, 5.74) is 2.97. The molecule has 0 saturated carbocycles. The van der Waals surface area contributed by atoms with E-state index < -0.39 is 0 Å². The summed E-state index contributed by atoms with van der Waals surface area (Å²) in [6, 6.07) is 20.0. The first-order chi connectivity index (χ1) is 14.5. The van der Waals surface area contributed by atoms with E-state index in [1.54, 1.807) is 6.33 Å². The largest absolute Gasteiger partial charge is 0.349 e. The summed E-state index contributed by atoms with van der Waals surface area (Å²) in [7, 11) is 0. The second kappa shape index (κ2) is 8.90. The summed E-state index contributed by atoms with van der Waals surface area (Å²) in [4.78, 5) is 12.6. The van der Waals surface area contributed by atoms with E-state index in [0.717, 1.165) is 27.6 Å². The Labute approximate surface area is 184 Å². The van der Waals surface area contributed by atoms with Crippen molar-refractivity contribution in [1.29, 1.82) is 0 Å². The number of carbonyl (C=O) groups excluding carboxylic acids is 1. The molecule has 0 fully saturated rings. The topological polar surface area (TPSA) is 59.8 Å². The standard InChI is InChI=1S/C23H21ClN4OS/c1-15-10-11-18(12-21(15)24)28-14-25-27-23(28)30-13-22(29)26-16(2)19-9-5-7-17-6-3-4-8-20(17)19/h3-12,14,16H,13H2,1-2H3,(H,26,29). The molecule has 0 aliphatic rings. The zero-order valence-corrected chi connectivity index (χ0v) is 18.2. The van der Waals surface area contributed by atoms with Gasteiger partial charge in [0.25, 0.3) is 0 Å². The maximum absolute atomic E-state index is 12.6. The lowest BCUT2D eigenvalue weighted by molar-refractivity contribution is -0.119. The van der Waals surface area contributed by atoms with Crippen LogP contribution in [0.4, 0.5) is 0 Å². The lowest BCUT2D eigenvalue weighted by Gasteiger charge is -2.16. The number of hydrogen-bond donors (Lipinski definition) is 1.